The average molecular weight is 435 g/mol. The number of hydrogen-bond acceptors (Lipinski definition) is 0. The SMILES string of the molecule is C1=C[CH]([Zr][CH]2C=Cc3ccccc32)c2ccccc21.CC(C)(Cl)Cl. The molecule has 0 nitrogen and oxygen atoms in total. The summed E-state index contributed by atoms with van der Waals surface area (Å²) >= 11 is 10.0. The minimum atomic E-state index is -0.556. The van der Waals surface area contributed by atoms with Gasteiger partial charge in [0.25, 0.3) is 0 Å². The minimum Gasteiger partial charge on any atom is -0.102 e. The van der Waals surface area contributed by atoms with E-state index in [-0.39, 0.29) is 0 Å². The Kier molecular flexibility index (Phi) is 5.86. The minimum absolute atomic E-state index is 0.542. The van der Waals surface area contributed by atoms with E-state index >= 15 is 0 Å². The van der Waals surface area contributed by atoms with Crippen LogP contribution in [0.1, 0.15) is 43.4 Å². The Labute approximate surface area is 166 Å². The van der Waals surface area contributed by atoms with Crippen LogP contribution in [0, 0.1) is 0 Å². The largest absolute Gasteiger partial charge is 0.112 e. The first-order valence-corrected chi connectivity index (χ1v) is 11.7. The number of fused-ring (bicyclic) bond motifs is 2. The first-order valence-electron chi connectivity index (χ1n) is 8.10. The number of allylic oxidation sites excluding steroid dienone is 2. The van der Waals surface area contributed by atoms with Gasteiger partial charge in [0.1, 0.15) is 4.33 Å². The van der Waals surface area contributed by atoms with Crippen molar-refractivity contribution in [2.75, 3.05) is 0 Å². The van der Waals surface area contributed by atoms with Gasteiger partial charge in [0, 0.05) is 0 Å². The van der Waals surface area contributed by atoms with E-state index in [1.807, 2.05) is 0 Å². The Morgan fingerprint density at radius 1 is 0.750 bits per heavy atom. The summed E-state index contributed by atoms with van der Waals surface area (Å²) in [7, 11) is 0. The molecule has 122 valence electrons. The zero-order chi connectivity index (χ0) is 17.2. The Morgan fingerprint density at radius 3 is 1.54 bits per heavy atom. The molecule has 0 amide bonds. The molecule has 2 unspecified atom stereocenters. The quantitative estimate of drug-likeness (QED) is 0.456. The fourth-order valence-corrected chi connectivity index (χ4v) is 7.13. The fraction of sp³-hybridized carbons (Fsp3) is 0.238. The van der Waals surface area contributed by atoms with Crippen LogP contribution in [-0.2, 0) is 23.2 Å². The Bertz CT molecular complexity index is 706. The topological polar surface area (TPSA) is 0 Å². The Balaban J connectivity index is 0.000000300. The molecule has 4 rings (SSSR count). The molecule has 2 aliphatic carbocycles. The van der Waals surface area contributed by atoms with Gasteiger partial charge in [-0.15, -0.1) is 23.2 Å². The van der Waals surface area contributed by atoms with Gasteiger partial charge >= 0.3 is 126 Å². The predicted octanol–water partition coefficient (Wildman–Crippen LogP) is 6.81. The van der Waals surface area contributed by atoms with Gasteiger partial charge in [-0.1, -0.05) is 0 Å². The second-order valence-electron chi connectivity index (χ2n) is 6.43. The van der Waals surface area contributed by atoms with Gasteiger partial charge in [-0.2, -0.15) is 0 Å². The van der Waals surface area contributed by atoms with Gasteiger partial charge in [0.15, 0.2) is 0 Å². The average Bonchev–Trinajstić information content (AvgIpc) is 3.12. The van der Waals surface area contributed by atoms with Crippen LogP contribution in [0.25, 0.3) is 12.2 Å². The van der Waals surface area contributed by atoms with E-state index in [1.54, 1.807) is 25.0 Å². The van der Waals surface area contributed by atoms with Crippen molar-refractivity contribution in [3.05, 3.63) is 82.9 Å². The number of hydrogen-bond donors (Lipinski definition) is 0. The molecule has 0 aliphatic heterocycles. The molecule has 0 fully saturated rings. The molecule has 0 heterocycles. The monoisotopic (exact) mass is 432 g/mol. The normalized spacial score (nSPS) is 20.2. The van der Waals surface area contributed by atoms with Crippen LogP contribution in [0.4, 0.5) is 0 Å². The van der Waals surface area contributed by atoms with E-state index in [1.165, 1.54) is 11.1 Å². The van der Waals surface area contributed by atoms with Gasteiger partial charge in [-0.3, -0.25) is 0 Å². The maximum Gasteiger partial charge on any atom is 0.112 e. The number of halogens is 2. The molecule has 24 heavy (non-hydrogen) atoms. The first-order chi connectivity index (χ1) is 11.4. The maximum absolute atomic E-state index is 5.30. The van der Waals surface area contributed by atoms with Crippen molar-refractivity contribution < 1.29 is 23.2 Å². The third-order valence-electron chi connectivity index (χ3n) is 3.96. The third-order valence-corrected chi connectivity index (χ3v) is 8.20. The Morgan fingerprint density at radius 2 is 1.12 bits per heavy atom. The summed E-state index contributed by atoms with van der Waals surface area (Å²) in [6, 6.07) is 17.7. The van der Waals surface area contributed by atoms with Crippen LogP contribution in [0.5, 0.6) is 0 Å². The summed E-state index contributed by atoms with van der Waals surface area (Å²) in [5.41, 5.74) is 5.99. The second-order valence-corrected chi connectivity index (χ2v) is 12.4. The molecule has 3 heteroatoms. The van der Waals surface area contributed by atoms with E-state index in [0.717, 1.165) is 7.25 Å². The van der Waals surface area contributed by atoms with Gasteiger partial charge < -0.3 is 0 Å². The van der Waals surface area contributed by atoms with Crippen LogP contribution in [0.3, 0.4) is 0 Å². The molecule has 2 aromatic rings. The predicted molar refractivity (Wildman–Crippen MR) is 102 cm³/mol. The van der Waals surface area contributed by atoms with Crippen molar-refractivity contribution in [2.24, 2.45) is 0 Å². The fourth-order valence-electron chi connectivity index (χ4n) is 2.98. The molecular weight excluding hydrogens is 414 g/mol. The van der Waals surface area contributed by atoms with Crippen LogP contribution >= 0.6 is 23.2 Å². The van der Waals surface area contributed by atoms with Crippen molar-refractivity contribution >= 4 is 35.4 Å². The molecule has 2 aromatic carbocycles. The smallest absolute Gasteiger partial charge is 0.102 e. The van der Waals surface area contributed by atoms with Gasteiger partial charge in [0.2, 0.25) is 0 Å². The molecule has 0 bridgehead atoms. The maximum atomic E-state index is 5.30. The van der Waals surface area contributed by atoms with Crippen LogP contribution in [-0.4, -0.2) is 4.33 Å². The molecular formula is C21H20Cl2Zr. The summed E-state index contributed by atoms with van der Waals surface area (Å²) in [5.74, 6) is 0. The zero-order valence-electron chi connectivity index (χ0n) is 13.8. The number of alkyl halides is 2. The van der Waals surface area contributed by atoms with E-state index in [4.69, 9.17) is 23.2 Å². The molecule has 0 aromatic heterocycles. The van der Waals surface area contributed by atoms with Crippen molar-refractivity contribution in [2.45, 2.75) is 25.4 Å². The molecule has 0 spiro atoms. The Hall–Kier alpha value is -0.617. The van der Waals surface area contributed by atoms with E-state index in [0.29, 0.717) is 0 Å². The molecule has 0 N–H and O–H groups in total. The summed E-state index contributed by atoms with van der Waals surface area (Å²) in [4.78, 5) is 0. The van der Waals surface area contributed by atoms with Crippen molar-refractivity contribution in [3.8, 4) is 0 Å². The van der Waals surface area contributed by atoms with Crippen LogP contribution < -0.4 is 0 Å². The molecule has 2 aliphatic rings. The standard InChI is InChI=1S/2C9H7.C3H6Cl2.Zr/c2*1-2-5-9-7-3-6-8(9)4-1;1-3(2,4)5;/h2*1-7H;1-2H3;. The summed E-state index contributed by atoms with van der Waals surface area (Å²) in [6.07, 6.45) is 9.49. The first kappa shape index (κ1) is 18.2. The zero-order valence-corrected chi connectivity index (χ0v) is 17.8. The van der Waals surface area contributed by atoms with Crippen LogP contribution in [0.2, 0.25) is 0 Å². The molecule has 0 radical (unpaired) electrons. The van der Waals surface area contributed by atoms with Crippen molar-refractivity contribution in [1.82, 2.24) is 0 Å². The number of benzene rings is 2. The van der Waals surface area contributed by atoms with E-state index in [9.17, 15) is 0 Å². The third kappa shape index (κ3) is 4.72. The van der Waals surface area contributed by atoms with E-state index < -0.39 is 27.6 Å². The summed E-state index contributed by atoms with van der Waals surface area (Å²) in [5, 5.41) is 0. The van der Waals surface area contributed by atoms with Gasteiger partial charge in [-0.05, 0) is 13.8 Å². The van der Waals surface area contributed by atoms with Crippen molar-refractivity contribution in [3.63, 3.8) is 0 Å². The van der Waals surface area contributed by atoms with Gasteiger partial charge in [0.05, 0.1) is 0 Å². The summed E-state index contributed by atoms with van der Waals surface area (Å²) < 4.78 is 0.918. The van der Waals surface area contributed by atoms with E-state index in [2.05, 4.69) is 72.8 Å². The second kappa shape index (κ2) is 7.73. The molecule has 2 atom stereocenters. The molecule has 0 saturated carbocycles. The van der Waals surface area contributed by atoms with Crippen LogP contribution in [0.15, 0.2) is 60.7 Å². The summed E-state index contributed by atoms with van der Waals surface area (Å²) in [6.45, 7) is 3.44. The van der Waals surface area contributed by atoms with Gasteiger partial charge in [-0.25, -0.2) is 0 Å². The van der Waals surface area contributed by atoms with Crippen molar-refractivity contribution in [1.29, 1.82) is 0 Å². The number of rotatable bonds is 2. The molecule has 0 saturated heterocycles.